The van der Waals surface area contributed by atoms with Gasteiger partial charge in [-0.2, -0.15) is 0 Å². The maximum Gasteiger partial charge on any atom is 0.0897 e. The monoisotopic (exact) mass is 252 g/mol. The minimum Gasteiger partial charge on any atom is -0.325 e. The second-order valence-electron chi connectivity index (χ2n) is 5.60. The molecule has 2 rings (SSSR count). The van der Waals surface area contributed by atoms with E-state index in [0.717, 1.165) is 17.3 Å². The maximum absolute atomic E-state index is 6.58. The maximum atomic E-state index is 6.58. The molecule has 1 aromatic heterocycles. The summed E-state index contributed by atoms with van der Waals surface area (Å²) < 4.78 is 0. The van der Waals surface area contributed by atoms with E-state index < -0.39 is 0 Å². The summed E-state index contributed by atoms with van der Waals surface area (Å²) in [7, 11) is 0. The fourth-order valence-corrected chi connectivity index (χ4v) is 3.55. The van der Waals surface area contributed by atoms with Gasteiger partial charge in [-0.1, -0.05) is 26.2 Å². The summed E-state index contributed by atoms with van der Waals surface area (Å²) in [5, 5.41) is 3.33. The van der Waals surface area contributed by atoms with Crippen molar-refractivity contribution in [3.05, 3.63) is 16.1 Å². The van der Waals surface area contributed by atoms with Crippen LogP contribution in [0.2, 0.25) is 0 Å². The van der Waals surface area contributed by atoms with Gasteiger partial charge >= 0.3 is 0 Å². The molecule has 0 amide bonds. The predicted molar refractivity (Wildman–Crippen MR) is 74.3 cm³/mol. The van der Waals surface area contributed by atoms with Crippen LogP contribution < -0.4 is 5.73 Å². The molecule has 2 N–H and O–H groups in total. The van der Waals surface area contributed by atoms with Crippen LogP contribution in [0, 0.1) is 12.8 Å². The van der Waals surface area contributed by atoms with Gasteiger partial charge in [0.05, 0.1) is 10.7 Å². The summed E-state index contributed by atoms with van der Waals surface area (Å²) in [4.78, 5) is 4.56. The van der Waals surface area contributed by atoms with Crippen molar-refractivity contribution in [2.45, 2.75) is 64.3 Å². The molecule has 1 aliphatic rings. The number of hydrogen-bond donors (Lipinski definition) is 1. The molecule has 17 heavy (non-hydrogen) atoms. The molecule has 1 aliphatic carbocycles. The van der Waals surface area contributed by atoms with Gasteiger partial charge in [-0.3, -0.25) is 0 Å². The zero-order valence-electron chi connectivity index (χ0n) is 11.0. The smallest absolute Gasteiger partial charge is 0.0897 e. The van der Waals surface area contributed by atoms with Crippen molar-refractivity contribution < 1.29 is 0 Å². The third-order valence-electron chi connectivity index (χ3n) is 4.11. The highest BCUT2D eigenvalue weighted by molar-refractivity contribution is 7.09. The molecule has 1 saturated carbocycles. The molecule has 0 spiro atoms. The summed E-state index contributed by atoms with van der Waals surface area (Å²) in [6.07, 6.45) is 8.57. The lowest BCUT2D eigenvalue weighted by molar-refractivity contribution is 0.356. The number of nitrogens with zero attached hydrogens (tertiary/aromatic N) is 1. The second-order valence-corrected chi connectivity index (χ2v) is 6.66. The quantitative estimate of drug-likeness (QED) is 0.833. The van der Waals surface area contributed by atoms with Gasteiger partial charge in [0.1, 0.15) is 0 Å². The molecule has 1 aromatic rings. The summed E-state index contributed by atoms with van der Waals surface area (Å²) in [6, 6.07) is 0. The third kappa shape index (κ3) is 3.52. The standard InChI is InChI=1S/C14H24N2S/c1-3-12-5-4-7-14(15,8-6-12)9-13-10-17-11(2)16-13/h10,12H,3-9,15H2,1-2H3. The number of nitrogens with two attached hydrogens (primary N) is 1. The van der Waals surface area contributed by atoms with Crippen molar-refractivity contribution in [2.75, 3.05) is 0 Å². The van der Waals surface area contributed by atoms with Crippen molar-refractivity contribution in [2.24, 2.45) is 11.7 Å². The summed E-state index contributed by atoms with van der Waals surface area (Å²) in [6.45, 7) is 4.37. The molecule has 0 aromatic carbocycles. The van der Waals surface area contributed by atoms with E-state index in [1.54, 1.807) is 11.3 Å². The molecule has 1 heterocycles. The van der Waals surface area contributed by atoms with E-state index in [0.29, 0.717) is 0 Å². The first-order chi connectivity index (χ1) is 8.11. The van der Waals surface area contributed by atoms with E-state index in [-0.39, 0.29) is 5.54 Å². The van der Waals surface area contributed by atoms with E-state index in [4.69, 9.17) is 5.73 Å². The molecular formula is C14H24N2S. The van der Waals surface area contributed by atoms with Crippen LogP contribution in [0.3, 0.4) is 0 Å². The molecule has 96 valence electrons. The van der Waals surface area contributed by atoms with Crippen LogP contribution in [-0.4, -0.2) is 10.5 Å². The van der Waals surface area contributed by atoms with Crippen molar-refractivity contribution in [3.63, 3.8) is 0 Å². The molecule has 0 aliphatic heterocycles. The van der Waals surface area contributed by atoms with Gasteiger partial charge in [0, 0.05) is 17.3 Å². The Hall–Kier alpha value is -0.410. The summed E-state index contributed by atoms with van der Waals surface area (Å²) in [5.74, 6) is 0.901. The first kappa shape index (κ1) is 13.0. The van der Waals surface area contributed by atoms with E-state index in [1.807, 2.05) is 0 Å². The Bertz CT molecular complexity index is 361. The van der Waals surface area contributed by atoms with Gasteiger partial charge in [0.2, 0.25) is 0 Å². The topological polar surface area (TPSA) is 38.9 Å². The molecule has 0 saturated heterocycles. The normalized spacial score (nSPS) is 30.2. The first-order valence-electron chi connectivity index (χ1n) is 6.81. The zero-order valence-corrected chi connectivity index (χ0v) is 11.9. The molecule has 0 bridgehead atoms. The lowest BCUT2D eigenvalue weighted by Crippen LogP contribution is -2.41. The van der Waals surface area contributed by atoms with Gasteiger partial charge in [-0.25, -0.2) is 4.98 Å². The predicted octanol–water partition coefficient (Wildman–Crippen LogP) is 3.68. The van der Waals surface area contributed by atoms with Crippen LogP contribution in [0.5, 0.6) is 0 Å². The van der Waals surface area contributed by atoms with Crippen molar-refractivity contribution in [3.8, 4) is 0 Å². The molecule has 0 radical (unpaired) electrons. The van der Waals surface area contributed by atoms with Gasteiger partial charge in [-0.05, 0) is 32.1 Å². The number of hydrogen-bond acceptors (Lipinski definition) is 3. The SMILES string of the molecule is CCC1CCCC(N)(Cc2csc(C)n2)CC1. The highest BCUT2D eigenvalue weighted by atomic mass is 32.1. The third-order valence-corrected chi connectivity index (χ3v) is 4.94. The highest BCUT2D eigenvalue weighted by Gasteiger charge is 2.29. The Labute approximate surface area is 109 Å². The van der Waals surface area contributed by atoms with Gasteiger partial charge in [-0.15, -0.1) is 11.3 Å². The summed E-state index contributed by atoms with van der Waals surface area (Å²) >= 11 is 1.74. The zero-order chi connectivity index (χ0) is 12.3. The lowest BCUT2D eigenvalue weighted by atomic mass is 9.86. The molecule has 3 heteroatoms. The van der Waals surface area contributed by atoms with Crippen LogP contribution in [0.1, 0.15) is 56.2 Å². The Morgan fingerprint density at radius 3 is 2.94 bits per heavy atom. The first-order valence-corrected chi connectivity index (χ1v) is 7.69. The Morgan fingerprint density at radius 2 is 2.29 bits per heavy atom. The lowest BCUT2D eigenvalue weighted by Gasteiger charge is -2.27. The Balaban J connectivity index is 1.98. The van der Waals surface area contributed by atoms with Crippen LogP contribution >= 0.6 is 11.3 Å². The van der Waals surface area contributed by atoms with E-state index >= 15 is 0 Å². The number of aromatic nitrogens is 1. The van der Waals surface area contributed by atoms with Gasteiger partial charge < -0.3 is 5.73 Å². The average molecular weight is 252 g/mol. The van der Waals surface area contributed by atoms with Crippen LogP contribution in [0.15, 0.2) is 5.38 Å². The fourth-order valence-electron chi connectivity index (χ4n) is 2.94. The number of aryl methyl sites for hydroxylation is 1. The minimum absolute atomic E-state index is 0.00440. The van der Waals surface area contributed by atoms with Crippen molar-refractivity contribution in [1.29, 1.82) is 0 Å². The second kappa shape index (κ2) is 5.49. The van der Waals surface area contributed by atoms with Gasteiger partial charge in [0.25, 0.3) is 0 Å². The van der Waals surface area contributed by atoms with E-state index in [9.17, 15) is 0 Å². The molecule has 2 unspecified atom stereocenters. The summed E-state index contributed by atoms with van der Waals surface area (Å²) in [5.41, 5.74) is 7.79. The van der Waals surface area contributed by atoms with Crippen molar-refractivity contribution in [1.82, 2.24) is 4.98 Å². The van der Waals surface area contributed by atoms with Crippen LogP contribution in [0.4, 0.5) is 0 Å². The van der Waals surface area contributed by atoms with Crippen molar-refractivity contribution >= 4 is 11.3 Å². The van der Waals surface area contributed by atoms with Crippen LogP contribution in [-0.2, 0) is 6.42 Å². The number of thiazole rings is 1. The average Bonchev–Trinajstić information content (AvgIpc) is 2.59. The molecule has 1 fully saturated rings. The molecule has 2 atom stereocenters. The van der Waals surface area contributed by atoms with E-state index in [2.05, 4.69) is 24.2 Å². The Morgan fingerprint density at radius 1 is 1.47 bits per heavy atom. The molecular weight excluding hydrogens is 228 g/mol. The molecule has 2 nitrogen and oxygen atoms in total. The largest absolute Gasteiger partial charge is 0.325 e. The van der Waals surface area contributed by atoms with Gasteiger partial charge in [0.15, 0.2) is 0 Å². The van der Waals surface area contributed by atoms with E-state index in [1.165, 1.54) is 44.2 Å². The highest BCUT2D eigenvalue weighted by Crippen LogP contribution is 2.32. The number of rotatable bonds is 3. The fraction of sp³-hybridized carbons (Fsp3) is 0.786. The Kier molecular flexibility index (Phi) is 4.21. The minimum atomic E-state index is 0.00440. The van der Waals surface area contributed by atoms with Crippen LogP contribution in [0.25, 0.3) is 0 Å².